The van der Waals surface area contributed by atoms with Gasteiger partial charge in [0.05, 0.1) is 23.0 Å². The van der Waals surface area contributed by atoms with Crippen molar-refractivity contribution < 1.29 is 4.90 Å². The Morgan fingerprint density at radius 3 is 2.76 bits per heavy atom. The molecule has 1 unspecified atom stereocenters. The number of nitrogens with one attached hydrogen (secondary N) is 1. The summed E-state index contributed by atoms with van der Waals surface area (Å²) >= 11 is 1.67. The minimum atomic E-state index is -0.332. The molecule has 1 N–H and O–H groups in total. The van der Waals surface area contributed by atoms with Gasteiger partial charge in [-0.25, -0.2) is 4.98 Å². The highest BCUT2D eigenvalue weighted by Gasteiger charge is 2.22. The third-order valence-electron chi connectivity index (χ3n) is 4.57. The van der Waals surface area contributed by atoms with Crippen molar-refractivity contribution in [3.05, 3.63) is 56.4 Å². The van der Waals surface area contributed by atoms with Crippen molar-refractivity contribution in [2.75, 3.05) is 7.05 Å². The lowest BCUT2D eigenvalue weighted by Gasteiger charge is -2.20. The van der Waals surface area contributed by atoms with Gasteiger partial charge in [-0.15, -0.1) is 11.3 Å². The highest BCUT2D eigenvalue weighted by molar-refractivity contribution is 7.18. The van der Waals surface area contributed by atoms with E-state index in [1.165, 1.54) is 4.68 Å². The summed E-state index contributed by atoms with van der Waals surface area (Å²) in [5.41, 5.74) is 2.20. The number of benzene rings is 1. The van der Waals surface area contributed by atoms with Crippen molar-refractivity contribution in [2.24, 2.45) is 0 Å². The lowest BCUT2D eigenvalue weighted by Crippen LogP contribution is -3.08. The second-order valence-electron chi connectivity index (χ2n) is 6.25. The van der Waals surface area contributed by atoms with Gasteiger partial charge in [-0.1, -0.05) is 12.1 Å². The predicted octanol–water partition coefficient (Wildman–Crippen LogP) is 1.57. The molecule has 25 heavy (non-hydrogen) atoms. The van der Waals surface area contributed by atoms with Crippen LogP contribution in [-0.4, -0.2) is 21.8 Å². The molecule has 0 fully saturated rings. The number of para-hydroxylation sites is 1. The van der Waals surface area contributed by atoms with Crippen molar-refractivity contribution in [3.63, 3.8) is 0 Å². The molecule has 0 saturated heterocycles. The molecule has 2 aromatic heterocycles. The number of fused-ring (bicyclic) bond motifs is 1. The molecule has 2 atom stereocenters. The fraction of sp³-hybridized carbons (Fsp3) is 0.333. The number of aryl methyl sites for hydroxylation is 1. The van der Waals surface area contributed by atoms with E-state index in [-0.39, 0.29) is 17.2 Å². The van der Waals surface area contributed by atoms with Crippen LogP contribution >= 0.6 is 11.3 Å². The van der Waals surface area contributed by atoms with Crippen LogP contribution in [0.15, 0.2) is 29.1 Å². The van der Waals surface area contributed by atoms with Gasteiger partial charge in [0.1, 0.15) is 17.7 Å². The average Bonchev–Trinajstić information content (AvgIpc) is 3.03. The molecule has 0 spiro atoms. The van der Waals surface area contributed by atoms with E-state index in [2.05, 4.69) is 18.1 Å². The number of thiazole rings is 1. The number of nitrogens with zero attached hydrogens (tertiary/aromatic N) is 4. The molecule has 2 heterocycles. The summed E-state index contributed by atoms with van der Waals surface area (Å²) < 4.78 is 2.55. The molecule has 0 aliphatic rings. The van der Waals surface area contributed by atoms with Crippen LogP contribution in [0.2, 0.25) is 0 Å². The van der Waals surface area contributed by atoms with Crippen LogP contribution < -0.4 is 10.5 Å². The van der Waals surface area contributed by atoms with Crippen molar-refractivity contribution in [2.45, 2.75) is 33.5 Å². The number of quaternary nitrogens is 1. The number of hydrogen-bond acceptors (Lipinski definition) is 5. The van der Waals surface area contributed by atoms with E-state index in [1.807, 2.05) is 38.2 Å². The average molecular weight is 354 g/mol. The fourth-order valence-corrected chi connectivity index (χ4v) is 3.78. The zero-order valence-electron chi connectivity index (χ0n) is 14.7. The summed E-state index contributed by atoms with van der Waals surface area (Å²) in [6, 6.07) is 10.2. The third-order valence-corrected chi connectivity index (χ3v) is 5.79. The highest BCUT2D eigenvalue weighted by atomic mass is 32.1. The first kappa shape index (κ1) is 17.3. The van der Waals surface area contributed by atoms with Crippen LogP contribution in [0.4, 0.5) is 0 Å². The fourth-order valence-electron chi connectivity index (χ4n) is 2.67. The Balaban J connectivity index is 1.89. The summed E-state index contributed by atoms with van der Waals surface area (Å²) in [6.45, 7) is 6.04. The SMILES string of the molecule is Cc1nn(C[NH+](C)[C@@H](C)c2nc3ccccc3s2)c(=O)c(C#N)c1C. The molecule has 3 aromatic rings. The van der Waals surface area contributed by atoms with E-state index >= 15 is 0 Å². The Labute approximate surface area is 150 Å². The number of nitriles is 1. The maximum Gasteiger partial charge on any atom is 0.289 e. The lowest BCUT2D eigenvalue weighted by molar-refractivity contribution is -0.933. The Morgan fingerprint density at radius 2 is 2.08 bits per heavy atom. The van der Waals surface area contributed by atoms with Gasteiger partial charge in [0.2, 0.25) is 0 Å². The Kier molecular flexibility index (Phi) is 4.66. The monoisotopic (exact) mass is 354 g/mol. The predicted molar refractivity (Wildman–Crippen MR) is 97.6 cm³/mol. The zero-order chi connectivity index (χ0) is 18.1. The summed E-state index contributed by atoms with van der Waals surface area (Å²) in [6.07, 6.45) is 0. The third kappa shape index (κ3) is 3.18. The maximum absolute atomic E-state index is 12.5. The second kappa shape index (κ2) is 6.75. The topological polar surface area (TPSA) is 76.0 Å². The van der Waals surface area contributed by atoms with Crippen LogP contribution in [0.1, 0.15) is 34.8 Å². The van der Waals surface area contributed by atoms with Gasteiger partial charge >= 0.3 is 0 Å². The van der Waals surface area contributed by atoms with Gasteiger partial charge in [0.15, 0.2) is 11.7 Å². The van der Waals surface area contributed by atoms with Crippen LogP contribution in [0.25, 0.3) is 10.2 Å². The first-order valence-electron chi connectivity index (χ1n) is 8.08. The van der Waals surface area contributed by atoms with Gasteiger partial charge in [-0.3, -0.25) is 4.79 Å². The molecule has 1 aromatic carbocycles. The van der Waals surface area contributed by atoms with Gasteiger partial charge < -0.3 is 4.90 Å². The van der Waals surface area contributed by atoms with E-state index in [4.69, 9.17) is 4.98 Å². The van der Waals surface area contributed by atoms with Gasteiger partial charge in [0.25, 0.3) is 5.56 Å². The first-order valence-corrected chi connectivity index (χ1v) is 8.90. The molecule has 0 bridgehead atoms. The molecule has 0 amide bonds. The molecule has 7 heteroatoms. The van der Waals surface area contributed by atoms with Crippen LogP contribution in [0, 0.1) is 25.2 Å². The second-order valence-corrected chi connectivity index (χ2v) is 7.31. The normalized spacial score (nSPS) is 13.6. The maximum atomic E-state index is 12.5. The van der Waals surface area contributed by atoms with Crippen molar-refractivity contribution in [3.8, 4) is 6.07 Å². The molecule has 0 radical (unpaired) electrons. The molecule has 3 rings (SSSR count). The van der Waals surface area contributed by atoms with Gasteiger partial charge in [-0.05, 0) is 38.5 Å². The Hall–Kier alpha value is -2.56. The molecular formula is C18H20N5OS+. The van der Waals surface area contributed by atoms with Gasteiger partial charge in [0, 0.05) is 0 Å². The number of aromatic nitrogens is 3. The van der Waals surface area contributed by atoms with E-state index in [1.54, 1.807) is 18.3 Å². The Bertz CT molecular complexity index is 997. The molecular weight excluding hydrogens is 334 g/mol. The molecule has 0 aliphatic carbocycles. The molecule has 6 nitrogen and oxygen atoms in total. The molecule has 0 saturated carbocycles. The van der Waals surface area contributed by atoms with Crippen molar-refractivity contribution in [1.29, 1.82) is 5.26 Å². The standard InChI is InChI=1S/C18H19N5OS/c1-11-12(2)21-23(18(24)14(11)9-19)10-22(4)13(3)17-20-15-7-5-6-8-16(15)25-17/h5-8,13H,10H2,1-4H3/p+1/t13-/m0/s1. The zero-order valence-corrected chi connectivity index (χ0v) is 15.5. The molecule has 128 valence electrons. The van der Waals surface area contributed by atoms with E-state index in [0.29, 0.717) is 17.9 Å². The largest absolute Gasteiger partial charge is 0.311 e. The number of rotatable bonds is 4. The van der Waals surface area contributed by atoms with Crippen molar-refractivity contribution in [1.82, 2.24) is 14.8 Å². The summed E-state index contributed by atoms with van der Waals surface area (Å²) in [5, 5.41) is 14.6. The summed E-state index contributed by atoms with van der Waals surface area (Å²) in [5.74, 6) is 0. The summed E-state index contributed by atoms with van der Waals surface area (Å²) in [4.78, 5) is 18.2. The minimum absolute atomic E-state index is 0.109. The van der Waals surface area contributed by atoms with E-state index < -0.39 is 0 Å². The van der Waals surface area contributed by atoms with Crippen LogP contribution in [0.5, 0.6) is 0 Å². The quantitative estimate of drug-likeness (QED) is 0.772. The number of hydrogen-bond donors (Lipinski definition) is 1. The van der Waals surface area contributed by atoms with Crippen molar-refractivity contribution >= 4 is 21.6 Å². The smallest absolute Gasteiger partial charge is 0.289 e. The van der Waals surface area contributed by atoms with Gasteiger partial charge in [-0.2, -0.15) is 15.0 Å². The van der Waals surface area contributed by atoms with E-state index in [0.717, 1.165) is 20.1 Å². The highest BCUT2D eigenvalue weighted by Crippen LogP contribution is 2.24. The lowest BCUT2D eigenvalue weighted by atomic mass is 10.1. The Morgan fingerprint density at radius 1 is 1.36 bits per heavy atom. The van der Waals surface area contributed by atoms with Crippen LogP contribution in [-0.2, 0) is 6.67 Å². The summed E-state index contributed by atoms with van der Waals surface area (Å²) in [7, 11) is 2.01. The minimum Gasteiger partial charge on any atom is -0.311 e. The van der Waals surface area contributed by atoms with Crippen LogP contribution in [0.3, 0.4) is 0 Å². The first-order chi connectivity index (χ1) is 11.9. The molecule has 0 aliphatic heterocycles. The van der Waals surface area contributed by atoms with E-state index in [9.17, 15) is 10.1 Å².